The zero-order chi connectivity index (χ0) is 21.5. The van der Waals surface area contributed by atoms with E-state index in [1.165, 1.54) is 0 Å². The number of aryl methyl sites for hydroxylation is 2. The zero-order valence-electron chi connectivity index (χ0n) is 17.3. The number of nitrogens with zero attached hydrogens (tertiary/aromatic N) is 4. The van der Waals surface area contributed by atoms with Gasteiger partial charge in [-0.1, -0.05) is 36.4 Å². The number of aromatic nitrogens is 4. The van der Waals surface area contributed by atoms with Crippen molar-refractivity contribution < 1.29 is 4.79 Å². The number of rotatable bonds is 5. The van der Waals surface area contributed by atoms with Crippen LogP contribution in [0, 0.1) is 13.8 Å². The SMILES string of the molecule is Cc1cc2c(C(N)=O)cccc2n1-c1nc(NCc2ccccc2)c2ccc(C)n2n1. The first-order valence-electron chi connectivity index (χ1n) is 10.1. The predicted octanol–water partition coefficient (Wildman–Crippen LogP) is 4.00. The summed E-state index contributed by atoms with van der Waals surface area (Å²) < 4.78 is 3.84. The molecule has 0 radical (unpaired) electrons. The van der Waals surface area contributed by atoms with Gasteiger partial charge in [0.05, 0.1) is 5.52 Å². The van der Waals surface area contributed by atoms with Gasteiger partial charge in [0.2, 0.25) is 5.91 Å². The maximum Gasteiger partial charge on any atom is 0.254 e. The fourth-order valence-electron chi connectivity index (χ4n) is 3.96. The van der Waals surface area contributed by atoms with Gasteiger partial charge in [-0.15, -0.1) is 5.10 Å². The van der Waals surface area contributed by atoms with Crippen molar-refractivity contribution >= 4 is 28.1 Å². The molecule has 3 heterocycles. The van der Waals surface area contributed by atoms with Crippen molar-refractivity contribution in [2.45, 2.75) is 20.4 Å². The van der Waals surface area contributed by atoms with Crippen LogP contribution in [-0.2, 0) is 6.54 Å². The van der Waals surface area contributed by atoms with E-state index < -0.39 is 5.91 Å². The van der Waals surface area contributed by atoms with Crippen LogP contribution >= 0.6 is 0 Å². The van der Waals surface area contributed by atoms with Crippen molar-refractivity contribution in [1.82, 2.24) is 19.2 Å². The Bertz CT molecular complexity index is 1430. The molecule has 31 heavy (non-hydrogen) atoms. The van der Waals surface area contributed by atoms with Gasteiger partial charge in [0, 0.05) is 28.9 Å². The number of benzene rings is 2. The average Bonchev–Trinajstić information content (AvgIpc) is 3.31. The Morgan fingerprint density at radius 2 is 1.77 bits per heavy atom. The highest BCUT2D eigenvalue weighted by Crippen LogP contribution is 2.27. The van der Waals surface area contributed by atoms with Crippen LogP contribution in [0.5, 0.6) is 0 Å². The number of nitrogens with one attached hydrogen (secondary N) is 1. The molecule has 7 heteroatoms. The van der Waals surface area contributed by atoms with Crippen molar-refractivity contribution in [3.05, 3.63) is 89.2 Å². The smallest absolute Gasteiger partial charge is 0.254 e. The third-order valence-corrected chi connectivity index (χ3v) is 5.49. The van der Waals surface area contributed by atoms with Gasteiger partial charge in [-0.25, -0.2) is 4.52 Å². The van der Waals surface area contributed by atoms with E-state index in [-0.39, 0.29) is 0 Å². The molecule has 0 aliphatic heterocycles. The van der Waals surface area contributed by atoms with E-state index >= 15 is 0 Å². The normalized spacial score (nSPS) is 11.3. The molecule has 1 amide bonds. The summed E-state index contributed by atoms with van der Waals surface area (Å²) >= 11 is 0. The summed E-state index contributed by atoms with van der Waals surface area (Å²) in [6, 6.07) is 21.7. The Morgan fingerprint density at radius 1 is 0.968 bits per heavy atom. The van der Waals surface area contributed by atoms with Gasteiger partial charge in [-0.05, 0) is 49.7 Å². The molecule has 5 aromatic rings. The van der Waals surface area contributed by atoms with E-state index in [1.54, 1.807) is 6.07 Å². The lowest BCUT2D eigenvalue weighted by molar-refractivity contribution is 0.100. The molecule has 154 valence electrons. The number of primary amides is 1. The summed E-state index contributed by atoms with van der Waals surface area (Å²) in [6.07, 6.45) is 0. The van der Waals surface area contributed by atoms with Crippen LogP contribution in [0.1, 0.15) is 27.3 Å². The molecule has 0 saturated carbocycles. The van der Waals surface area contributed by atoms with Gasteiger partial charge in [-0.3, -0.25) is 9.36 Å². The molecule has 0 aliphatic carbocycles. The average molecular weight is 410 g/mol. The summed E-state index contributed by atoms with van der Waals surface area (Å²) in [5.74, 6) is 0.816. The molecule has 0 saturated heterocycles. The lowest BCUT2D eigenvalue weighted by Crippen LogP contribution is -2.12. The number of carbonyl (C=O) groups excluding carboxylic acids is 1. The Labute approximate surface area is 179 Å². The van der Waals surface area contributed by atoms with Crippen LogP contribution in [0.2, 0.25) is 0 Å². The fourth-order valence-corrected chi connectivity index (χ4v) is 3.96. The Kier molecular flexibility index (Phi) is 4.43. The third-order valence-electron chi connectivity index (χ3n) is 5.49. The van der Waals surface area contributed by atoms with Crippen LogP contribution in [0.15, 0.2) is 66.7 Å². The molecule has 0 aliphatic rings. The van der Waals surface area contributed by atoms with Gasteiger partial charge in [0.15, 0.2) is 5.82 Å². The quantitative estimate of drug-likeness (QED) is 0.458. The summed E-state index contributed by atoms with van der Waals surface area (Å²) in [5.41, 5.74) is 10.9. The van der Waals surface area contributed by atoms with Crippen LogP contribution in [0.25, 0.3) is 22.4 Å². The second-order valence-corrected chi connectivity index (χ2v) is 7.60. The Hall–Kier alpha value is -4.13. The number of nitrogens with two attached hydrogens (primary N) is 1. The highest BCUT2D eigenvalue weighted by molar-refractivity contribution is 6.06. The lowest BCUT2D eigenvalue weighted by Gasteiger charge is -2.13. The lowest BCUT2D eigenvalue weighted by atomic mass is 10.1. The molecule has 2 aromatic carbocycles. The van der Waals surface area contributed by atoms with Gasteiger partial charge >= 0.3 is 0 Å². The van der Waals surface area contributed by atoms with E-state index in [4.69, 9.17) is 15.8 Å². The summed E-state index contributed by atoms with van der Waals surface area (Å²) in [5, 5.41) is 9.04. The second-order valence-electron chi connectivity index (χ2n) is 7.60. The highest BCUT2D eigenvalue weighted by atomic mass is 16.1. The number of amides is 1. The van der Waals surface area contributed by atoms with E-state index in [9.17, 15) is 4.79 Å². The molecular formula is C24H22N6O. The Morgan fingerprint density at radius 3 is 2.55 bits per heavy atom. The molecule has 0 atom stereocenters. The van der Waals surface area contributed by atoms with Gasteiger partial charge in [0.1, 0.15) is 5.52 Å². The Balaban J connectivity index is 1.67. The standard InChI is InChI=1S/C24H22N6O/c1-15-11-12-21-23(26-14-17-7-4-3-5-8-17)27-24(28-30(15)21)29-16(2)13-19-18(22(25)31)9-6-10-20(19)29/h3-13H,14H2,1-2H3,(H2,25,31)(H,26,27,28). The fraction of sp³-hybridized carbons (Fsp3) is 0.125. The molecule has 7 nitrogen and oxygen atoms in total. The van der Waals surface area contributed by atoms with Crippen molar-refractivity contribution in [3.8, 4) is 5.95 Å². The van der Waals surface area contributed by atoms with E-state index in [0.717, 1.165) is 39.2 Å². The number of carbonyl (C=O) groups is 1. The molecule has 0 spiro atoms. The zero-order valence-corrected chi connectivity index (χ0v) is 17.3. The van der Waals surface area contributed by atoms with Crippen LogP contribution in [-0.4, -0.2) is 25.1 Å². The number of hydrogen-bond donors (Lipinski definition) is 2. The first kappa shape index (κ1) is 18.9. The summed E-state index contributed by atoms with van der Waals surface area (Å²) in [7, 11) is 0. The molecule has 0 bridgehead atoms. The molecule has 0 unspecified atom stereocenters. The largest absolute Gasteiger partial charge is 0.366 e. The first-order valence-corrected chi connectivity index (χ1v) is 10.1. The maximum atomic E-state index is 11.9. The minimum Gasteiger partial charge on any atom is -0.366 e. The number of hydrogen-bond acceptors (Lipinski definition) is 4. The predicted molar refractivity (Wildman–Crippen MR) is 122 cm³/mol. The third kappa shape index (κ3) is 3.20. The summed E-state index contributed by atoms with van der Waals surface area (Å²) in [6.45, 7) is 4.63. The first-order chi connectivity index (χ1) is 15.0. The van der Waals surface area contributed by atoms with Gasteiger partial charge in [-0.2, -0.15) is 4.98 Å². The minimum absolute atomic E-state index is 0.453. The van der Waals surface area contributed by atoms with Gasteiger partial charge in [0.25, 0.3) is 5.95 Å². The van der Waals surface area contributed by atoms with Crippen molar-refractivity contribution in [3.63, 3.8) is 0 Å². The highest BCUT2D eigenvalue weighted by Gasteiger charge is 2.17. The van der Waals surface area contributed by atoms with Crippen molar-refractivity contribution in [2.75, 3.05) is 5.32 Å². The number of fused-ring (bicyclic) bond motifs is 2. The molecular weight excluding hydrogens is 388 g/mol. The topological polar surface area (TPSA) is 90.2 Å². The molecule has 3 N–H and O–H groups in total. The maximum absolute atomic E-state index is 11.9. The van der Waals surface area contributed by atoms with Gasteiger partial charge < -0.3 is 11.1 Å². The van der Waals surface area contributed by atoms with Crippen molar-refractivity contribution in [2.24, 2.45) is 5.73 Å². The second kappa shape index (κ2) is 7.28. The molecule has 3 aromatic heterocycles. The minimum atomic E-state index is -0.453. The molecule has 5 rings (SSSR count). The monoisotopic (exact) mass is 410 g/mol. The van der Waals surface area contributed by atoms with E-state index in [2.05, 4.69) is 17.4 Å². The van der Waals surface area contributed by atoms with Crippen molar-refractivity contribution in [1.29, 1.82) is 0 Å². The number of anilines is 1. The van der Waals surface area contributed by atoms with Crippen LogP contribution < -0.4 is 11.1 Å². The summed E-state index contributed by atoms with van der Waals surface area (Å²) in [4.78, 5) is 16.8. The van der Waals surface area contributed by atoms with E-state index in [1.807, 2.05) is 71.5 Å². The van der Waals surface area contributed by atoms with Crippen LogP contribution in [0.4, 0.5) is 5.82 Å². The van der Waals surface area contributed by atoms with E-state index in [0.29, 0.717) is 18.1 Å². The molecule has 0 fully saturated rings. The van der Waals surface area contributed by atoms with Crippen LogP contribution in [0.3, 0.4) is 0 Å².